The monoisotopic (exact) mass is 241 g/mol. The first kappa shape index (κ1) is 12.2. The number of amides is 1. The van der Waals surface area contributed by atoms with Crippen LogP contribution in [0.3, 0.4) is 0 Å². The lowest BCUT2D eigenvalue weighted by Gasteiger charge is -2.05. The predicted molar refractivity (Wildman–Crippen MR) is 70.0 cm³/mol. The van der Waals surface area contributed by atoms with Crippen molar-refractivity contribution in [1.29, 1.82) is 5.26 Å². The van der Waals surface area contributed by atoms with Gasteiger partial charge in [0.1, 0.15) is 0 Å². The summed E-state index contributed by atoms with van der Waals surface area (Å²) in [6, 6.07) is 9.73. The molecule has 18 heavy (non-hydrogen) atoms. The zero-order chi connectivity index (χ0) is 13.0. The molecule has 0 bridgehead atoms. The highest BCUT2D eigenvalue weighted by atomic mass is 16.1. The molecule has 0 fully saturated rings. The molecule has 1 amide bonds. The van der Waals surface area contributed by atoms with Crippen LogP contribution in [0.15, 0.2) is 30.5 Å². The number of aryl methyl sites for hydroxylation is 1. The minimum absolute atomic E-state index is 0.0517. The van der Waals surface area contributed by atoms with Crippen LogP contribution in [0.25, 0.3) is 10.9 Å². The second kappa shape index (κ2) is 5.37. The van der Waals surface area contributed by atoms with Crippen LogP contribution >= 0.6 is 0 Å². The van der Waals surface area contributed by atoms with Crippen LogP contribution < -0.4 is 5.32 Å². The van der Waals surface area contributed by atoms with Crippen molar-refractivity contribution in [3.05, 3.63) is 36.0 Å². The number of nitriles is 1. The molecule has 92 valence electrons. The fourth-order valence-corrected chi connectivity index (χ4v) is 2.02. The Bertz CT molecular complexity index is 607. The summed E-state index contributed by atoms with van der Waals surface area (Å²) in [5, 5.41) is 12.7. The molecule has 0 aliphatic carbocycles. The molecule has 0 radical (unpaired) electrons. The molecule has 0 saturated carbocycles. The molecule has 0 spiro atoms. The average Bonchev–Trinajstić information content (AvgIpc) is 2.79. The van der Waals surface area contributed by atoms with Gasteiger partial charge >= 0.3 is 0 Å². The van der Waals surface area contributed by atoms with E-state index in [1.54, 1.807) is 6.07 Å². The van der Waals surface area contributed by atoms with Gasteiger partial charge in [0.15, 0.2) is 0 Å². The van der Waals surface area contributed by atoms with Crippen LogP contribution in [0, 0.1) is 11.3 Å². The molecule has 4 heteroatoms. The van der Waals surface area contributed by atoms with Crippen molar-refractivity contribution in [2.24, 2.45) is 0 Å². The fraction of sp³-hybridized carbons (Fsp3) is 0.286. The quantitative estimate of drug-likeness (QED) is 0.890. The molecular formula is C14H15N3O. The third kappa shape index (κ3) is 2.35. The summed E-state index contributed by atoms with van der Waals surface area (Å²) in [6.45, 7) is 3.19. The minimum atomic E-state index is 0.0517. The molecule has 2 aromatic rings. The van der Waals surface area contributed by atoms with Crippen LogP contribution in [0.5, 0.6) is 0 Å². The lowest BCUT2D eigenvalue weighted by molar-refractivity contribution is -0.121. The molecule has 0 aliphatic rings. The Morgan fingerprint density at radius 1 is 1.44 bits per heavy atom. The van der Waals surface area contributed by atoms with E-state index in [4.69, 9.17) is 5.26 Å². The summed E-state index contributed by atoms with van der Waals surface area (Å²) in [5.41, 5.74) is 1.67. The molecule has 4 nitrogen and oxygen atoms in total. The standard InChI is InChI=1S/C14H15N3O/c1-2-16-14(18)7-9-17-8-6-12-11(10-15)4-3-5-13(12)17/h3-6,8H,2,7,9H2,1H3,(H,16,18). The number of rotatable bonds is 4. The van der Waals surface area contributed by atoms with Gasteiger partial charge in [0, 0.05) is 36.6 Å². The Hall–Kier alpha value is -2.28. The van der Waals surface area contributed by atoms with Gasteiger partial charge in [-0.05, 0) is 25.1 Å². The zero-order valence-electron chi connectivity index (χ0n) is 10.3. The third-order valence-corrected chi connectivity index (χ3v) is 2.89. The van der Waals surface area contributed by atoms with Gasteiger partial charge in [-0.15, -0.1) is 0 Å². The summed E-state index contributed by atoms with van der Waals surface area (Å²) >= 11 is 0. The molecule has 0 saturated heterocycles. The van der Waals surface area contributed by atoms with E-state index in [0.717, 1.165) is 10.9 Å². The van der Waals surface area contributed by atoms with Crippen LogP contribution in [0.2, 0.25) is 0 Å². The minimum Gasteiger partial charge on any atom is -0.356 e. The largest absolute Gasteiger partial charge is 0.356 e. The van der Waals surface area contributed by atoms with Gasteiger partial charge in [-0.2, -0.15) is 5.26 Å². The molecule has 0 unspecified atom stereocenters. The maximum Gasteiger partial charge on any atom is 0.221 e. The van der Waals surface area contributed by atoms with Crippen molar-refractivity contribution in [2.75, 3.05) is 6.54 Å². The molecule has 1 aromatic heterocycles. The number of nitrogens with zero attached hydrogens (tertiary/aromatic N) is 2. The number of carbonyl (C=O) groups is 1. The van der Waals surface area contributed by atoms with Crippen LogP contribution in [0.4, 0.5) is 0 Å². The Morgan fingerprint density at radius 3 is 3.00 bits per heavy atom. The molecule has 0 atom stereocenters. The number of hydrogen-bond acceptors (Lipinski definition) is 2. The van der Waals surface area contributed by atoms with Crippen molar-refractivity contribution in [3.63, 3.8) is 0 Å². The molecule has 2 rings (SSSR count). The number of fused-ring (bicyclic) bond motifs is 1. The molecular weight excluding hydrogens is 226 g/mol. The maximum atomic E-state index is 11.4. The van der Waals surface area contributed by atoms with Crippen LogP contribution in [-0.2, 0) is 11.3 Å². The highest BCUT2D eigenvalue weighted by Crippen LogP contribution is 2.19. The first-order valence-corrected chi connectivity index (χ1v) is 6.01. The normalized spacial score (nSPS) is 10.2. The number of benzene rings is 1. The first-order chi connectivity index (χ1) is 8.76. The van der Waals surface area contributed by atoms with E-state index in [1.165, 1.54) is 0 Å². The lowest BCUT2D eigenvalue weighted by atomic mass is 10.1. The number of nitrogens with one attached hydrogen (secondary N) is 1. The zero-order valence-corrected chi connectivity index (χ0v) is 10.3. The van der Waals surface area contributed by atoms with Crippen molar-refractivity contribution in [3.8, 4) is 6.07 Å². The first-order valence-electron chi connectivity index (χ1n) is 6.01. The lowest BCUT2D eigenvalue weighted by Crippen LogP contribution is -2.23. The van der Waals surface area contributed by atoms with Crippen molar-refractivity contribution in [1.82, 2.24) is 9.88 Å². The van der Waals surface area contributed by atoms with Gasteiger partial charge in [-0.1, -0.05) is 6.07 Å². The highest BCUT2D eigenvalue weighted by molar-refractivity contribution is 5.86. The van der Waals surface area contributed by atoms with Crippen molar-refractivity contribution < 1.29 is 4.79 Å². The number of aromatic nitrogens is 1. The molecule has 0 aliphatic heterocycles. The molecule has 1 N–H and O–H groups in total. The van der Waals surface area contributed by atoms with Crippen molar-refractivity contribution in [2.45, 2.75) is 19.9 Å². The predicted octanol–water partition coefficient (Wildman–Crippen LogP) is 2.04. The third-order valence-electron chi connectivity index (χ3n) is 2.89. The van der Waals surface area contributed by atoms with Crippen molar-refractivity contribution >= 4 is 16.8 Å². The number of carbonyl (C=O) groups excluding carboxylic acids is 1. The van der Waals surface area contributed by atoms with E-state index in [-0.39, 0.29) is 5.91 Å². The summed E-state index contributed by atoms with van der Waals surface area (Å²) in [4.78, 5) is 11.4. The summed E-state index contributed by atoms with van der Waals surface area (Å²) in [5.74, 6) is 0.0517. The topological polar surface area (TPSA) is 57.8 Å². The summed E-state index contributed by atoms with van der Waals surface area (Å²) in [6.07, 6.45) is 2.37. The Labute approximate surface area is 106 Å². The molecule has 1 aromatic carbocycles. The SMILES string of the molecule is CCNC(=O)CCn1ccc2c(C#N)cccc21. The fourth-order valence-electron chi connectivity index (χ4n) is 2.02. The van der Waals surface area contributed by atoms with Gasteiger partial charge in [-0.3, -0.25) is 4.79 Å². The van der Waals surface area contributed by atoms with E-state index in [2.05, 4.69) is 11.4 Å². The van der Waals surface area contributed by atoms with E-state index in [9.17, 15) is 4.79 Å². The van der Waals surface area contributed by atoms with E-state index in [0.29, 0.717) is 25.1 Å². The molecule has 1 heterocycles. The summed E-state index contributed by atoms with van der Waals surface area (Å²) < 4.78 is 2.01. The van der Waals surface area contributed by atoms with E-state index in [1.807, 2.05) is 35.9 Å². The van der Waals surface area contributed by atoms with E-state index >= 15 is 0 Å². The summed E-state index contributed by atoms with van der Waals surface area (Å²) in [7, 11) is 0. The highest BCUT2D eigenvalue weighted by Gasteiger charge is 2.06. The van der Waals surface area contributed by atoms with Gasteiger partial charge in [0.25, 0.3) is 0 Å². The second-order valence-corrected chi connectivity index (χ2v) is 4.06. The number of hydrogen-bond donors (Lipinski definition) is 1. The average molecular weight is 241 g/mol. The Kier molecular flexibility index (Phi) is 3.63. The van der Waals surface area contributed by atoms with Gasteiger partial charge in [0.2, 0.25) is 5.91 Å². The Balaban J connectivity index is 2.20. The smallest absolute Gasteiger partial charge is 0.221 e. The van der Waals surface area contributed by atoms with Crippen LogP contribution in [-0.4, -0.2) is 17.0 Å². The second-order valence-electron chi connectivity index (χ2n) is 4.06. The van der Waals surface area contributed by atoms with Gasteiger partial charge < -0.3 is 9.88 Å². The maximum absolute atomic E-state index is 11.4. The van der Waals surface area contributed by atoms with Crippen LogP contribution in [0.1, 0.15) is 18.9 Å². The Morgan fingerprint density at radius 2 is 2.28 bits per heavy atom. The van der Waals surface area contributed by atoms with Gasteiger partial charge in [0.05, 0.1) is 11.6 Å². The van der Waals surface area contributed by atoms with Gasteiger partial charge in [-0.25, -0.2) is 0 Å². The van der Waals surface area contributed by atoms with E-state index < -0.39 is 0 Å².